The van der Waals surface area contributed by atoms with E-state index >= 15 is 0 Å². The van der Waals surface area contributed by atoms with Crippen molar-refractivity contribution in [3.63, 3.8) is 0 Å². The summed E-state index contributed by atoms with van der Waals surface area (Å²) in [5.74, 6) is -0.497. The van der Waals surface area contributed by atoms with E-state index in [-0.39, 0.29) is 11.9 Å². The molecule has 1 aliphatic rings. The Bertz CT molecular complexity index is 1260. The van der Waals surface area contributed by atoms with E-state index in [0.29, 0.717) is 23.0 Å². The van der Waals surface area contributed by atoms with Crippen LogP contribution in [0.4, 0.5) is 5.69 Å². The number of thiocarbonyl (C=S) groups is 1. The zero-order valence-electron chi connectivity index (χ0n) is 19.5. The van der Waals surface area contributed by atoms with E-state index in [9.17, 15) is 9.59 Å². The van der Waals surface area contributed by atoms with Gasteiger partial charge in [-0.2, -0.15) is 0 Å². The summed E-state index contributed by atoms with van der Waals surface area (Å²) in [5, 5.41) is 3.40. The summed E-state index contributed by atoms with van der Waals surface area (Å²) in [4.78, 5) is 26.7. The molecular formula is C27H27N3O3S. The Morgan fingerprint density at radius 3 is 2.44 bits per heavy atom. The van der Waals surface area contributed by atoms with Gasteiger partial charge in [0.15, 0.2) is 5.11 Å². The van der Waals surface area contributed by atoms with Crippen molar-refractivity contribution in [3.05, 3.63) is 88.9 Å². The number of carbonyl (C=O) groups excluding carboxylic acids is 2. The number of esters is 1. The number of unbranched alkanes of at least 4 members (excludes halogenated alkanes) is 1. The number of ether oxygens (including phenoxy) is 1. The van der Waals surface area contributed by atoms with Crippen LogP contribution in [0.3, 0.4) is 0 Å². The molecule has 7 heteroatoms. The van der Waals surface area contributed by atoms with Gasteiger partial charge in [-0.3, -0.25) is 9.69 Å². The normalized spacial score (nSPS) is 14.6. The number of carbonyl (C=O) groups is 2. The minimum absolute atomic E-state index is 0.188. The van der Waals surface area contributed by atoms with Gasteiger partial charge in [0.1, 0.15) is 5.70 Å². The Labute approximate surface area is 204 Å². The first-order chi connectivity index (χ1) is 16.4. The summed E-state index contributed by atoms with van der Waals surface area (Å²) in [7, 11) is 0. The van der Waals surface area contributed by atoms with Crippen LogP contribution < -0.4 is 10.2 Å². The number of nitrogens with one attached hydrogen (secondary N) is 1. The number of nitrogens with zero attached hydrogens (tertiary/aromatic N) is 2. The maximum absolute atomic E-state index is 13.0. The zero-order valence-corrected chi connectivity index (χ0v) is 20.3. The van der Waals surface area contributed by atoms with Gasteiger partial charge < -0.3 is 14.6 Å². The van der Waals surface area contributed by atoms with Crippen molar-refractivity contribution in [1.82, 2.24) is 9.88 Å². The molecule has 1 aliphatic heterocycles. The molecule has 0 aliphatic carbocycles. The van der Waals surface area contributed by atoms with Gasteiger partial charge in [0.2, 0.25) is 0 Å². The van der Waals surface area contributed by atoms with E-state index < -0.39 is 0 Å². The molecule has 0 radical (unpaired) electrons. The van der Waals surface area contributed by atoms with E-state index in [4.69, 9.17) is 17.0 Å². The van der Waals surface area contributed by atoms with E-state index in [1.807, 2.05) is 68.5 Å². The molecule has 1 aromatic heterocycles. The predicted molar refractivity (Wildman–Crippen MR) is 138 cm³/mol. The Kier molecular flexibility index (Phi) is 6.93. The van der Waals surface area contributed by atoms with Crippen molar-refractivity contribution >= 4 is 41.0 Å². The van der Waals surface area contributed by atoms with E-state index in [1.165, 1.54) is 4.90 Å². The third kappa shape index (κ3) is 4.65. The third-order valence-electron chi connectivity index (χ3n) is 5.75. The molecule has 4 rings (SSSR count). The fraction of sp³-hybridized carbons (Fsp3) is 0.222. The molecule has 174 valence electrons. The largest absolute Gasteiger partial charge is 0.462 e. The molecule has 0 atom stereocenters. The smallest absolute Gasteiger partial charge is 0.338 e. The number of aryl methyl sites for hydroxylation is 1. The minimum Gasteiger partial charge on any atom is -0.462 e. The number of aromatic nitrogens is 1. The first-order valence-electron chi connectivity index (χ1n) is 11.3. The summed E-state index contributed by atoms with van der Waals surface area (Å²) >= 11 is 5.41. The van der Waals surface area contributed by atoms with Gasteiger partial charge in [0, 0.05) is 17.1 Å². The first kappa shape index (κ1) is 23.4. The average Bonchev–Trinajstić information content (AvgIpc) is 3.28. The van der Waals surface area contributed by atoms with Crippen LogP contribution in [-0.4, -0.2) is 28.2 Å². The number of rotatable bonds is 7. The molecule has 2 aromatic carbocycles. The van der Waals surface area contributed by atoms with Gasteiger partial charge in [-0.25, -0.2) is 4.79 Å². The van der Waals surface area contributed by atoms with Crippen LogP contribution in [0.1, 0.15) is 47.1 Å². The monoisotopic (exact) mass is 473 g/mol. The summed E-state index contributed by atoms with van der Waals surface area (Å²) in [6.45, 7) is 6.50. The zero-order chi connectivity index (χ0) is 24.2. The predicted octanol–water partition coefficient (Wildman–Crippen LogP) is 5.31. The van der Waals surface area contributed by atoms with Gasteiger partial charge in [0.25, 0.3) is 5.91 Å². The quantitative estimate of drug-likeness (QED) is 0.218. The maximum atomic E-state index is 13.0. The molecular weight excluding hydrogens is 446 g/mol. The summed E-state index contributed by atoms with van der Waals surface area (Å²) in [6, 6.07) is 18.7. The number of amides is 1. The fourth-order valence-corrected chi connectivity index (χ4v) is 4.27. The topological polar surface area (TPSA) is 63.6 Å². The number of anilines is 1. The second-order valence-electron chi connectivity index (χ2n) is 8.16. The van der Waals surface area contributed by atoms with Crippen LogP contribution in [0, 0.1) is 13.8 Å². The molecule has 0 spiro atoms. The molecule has 1 amide bonds. The van der Waals surface area contributed by atoms with Crippen LogP contribution in [0.25, 0.3) is 11.8 Å². The van der Waals surface area contributed by atoms with Gasteiger partial charge in [-0.1, -0.05) is 31.5 Å². The highest BCUT2D eigenvalue weighted by atomic mass is 32.1. The molecule has 34 heavy (non-hydrogen) atoms. The van der Waals surface area contributed by atoms with Crippen LogP contribution in [0.15, 0.2) is 66.4 Å². The summed E-state index contributed by atoms with van der Waals surface area (Å²) in [5.41, 5.74) is 5.51. The Morgan fingerprint density at radius 2 is 1.76 bits per heavy atom. The number of para-hydroxylation sites is 1. The lowest BCUT2D eigenvalue weighted by Gasteiger charge is -2.13. The second-order valence-corrected chi connectivity index (χ2v) is 8.55. The lowest BCUT2D eigenvalue weighted by Crippen LogP contribution is -2.30. The third-order valence-corrected chi connectivity index (χ3v) is 6.04. The van der Waals surface area contributed by atoms with Crippen LogP contribution >= 0.6 is 12.2 Å². The highest BCUT2D eigenvalue weighted by molar-refractivity contribution is 7.80. The van der Waals surface area contributed by atoms with Crippen molar-refractivity contribution in [2.24, 2.45) is 0 Å². The molecule has 0 unspecified atom stereocenters. The molecule has 1 fully saturated rings. The average molecular weight is 474 g/mol. The van der Waals surface area contributed by atoms with Gasteiger partial charge in [-0.05, 0) is 86.6 Å². The van der Waals surface area contributed by atoms with E-state index in [2.05, 4.69) is 16.8 Å². The van der Waals surface area contributed by atoms with Gasteiger partial charge >= 0.3 is 5.97 Å². The van der Waals surface area contributed by atoms with Crippen LogP contribution in [-0.2, 0) is 9.53 Å². The van der Waals surface area contributed by atoms with Crippen molar-refractivity contribution in [2.75, 3.05) is 11.5 Å². The highest BCUT2D eigenvalue weighted by Gasteiger charge is 2.32. The SMILES string of the molecule is CCCCOC(=O)c1ccc(-n2c(C)cc(/C=C3\NC(=S)N(c4ccccc4)C3=O)c2C)cc1. The van der Waals surface area contributed by atoms with Crippen molar-refractivity contribution in [3.8, 4) is 5.69 Å². The van der Waals surface area contributed by atoms with Gasteiger partial charge in [-0.15, -0.1) is 0 Å². The lowest BCUT2D eigenvalue weighted by molar-refractivity contribution is -0.113. The number of benzene rings is 2. The Hall–Kier alpha value is -3.71. The molecule has 0 saturated carbocycles. The lowest BCUT2D eigenvalue weighted by atomic mass is 10.2. The van der Waals surface area contributed by atoms with Crippen LogP contribution in [0.5, 0.6) is 0 Å². The first-order valence-corrected chi connectivity index (χ1v) is 11.7. The molecule has 0 bridgehead atoms. The second kappa shape index (κ2) is 10.1. The fourth-order valence-electron chi connectivity index (χ4n) is 3.97. The molecule has 3 aromatic rings. The minimum atomic E-state index is -0.309. The van der Waals surface area contributed by atoms with E-state index in [0.717, 1.165) is 41.2 Å². The van der Waals surface area contributed by atoms with Crippen LogP contribution in [0.2, 0.25) is 0 Å². The molecule has 6 nitrogen and oxygen atoms in total. The standard InChI is InChI=1S/C27H27N3O3S/c1-4-5-15-33-26(32)20-11-13-23(14-12-20)29-18(2)16-21(19(29)3)17-24-25(31)30(27(34)28-24)22-9-7-6-8-10-22/h6-14,16-17H,4-5,15H2,1-3H3,(H,28,34)/b24-17-. The van der Waals surface area contributed by atoms with Crippen molar-refractivity contribution < 1.29 is 14.3 Å². The molecule has 1 N–H and O–H groups in total. The summed E-state index contributed by atoms with van der Waals surface area (Å²) in [6.07, 6.45) is 3.67. The Balaban J connectivity index is 1.57. The molecule has 2 heterocycles. The van der Waals surface area contributed by atoms with Crippen molar-refractivity contribution in [2.45, 2.75) is 33.6 Å². The van der Waals surface area contributed by atoms with Crippen molar-refractivity contribution in [1.29, 1.82) is 0 Å². The van der Waals surface area contributed by atoms with Gasteiger partial charge in [0.05, 0.1) is 17.9 Å². The number of hydrogen-bond acceptors (Lipinski definition) is 4. The Morgan fingerprint density at radius 1 is 1.06 bits per heavy atom. The maximum Gasteiger partial charge on any atom is 0.338 e. The highest BCUT2D eigenvalue weighted by Crippen LogP contribution is 2.26. The summed E-state index contributed by atoms with van der Waals surface area (Å²) < 4.78 is 7.38. The number of hydrogen-bond donors (Lipinski definition) is 1. The molecule has 1 saturated heterocycles. The van der Waals surface area contributed by atoms with E-state index in [1.54, 1.807) is 12.1 Å².